The summed E-state index contributed by atoms with van der Waals surface area (Å²) in [4.78, 5) is 33.3. The van der Waals surface area contributed by atoms with Gasteiger partial charge in [0, 0.05) is 17.9 Å². The third-order valence-electron chi connectivity index (χ3n) is 3.15. The van der Waals surface area contributed by atoms with Crippen molar-refractivity contribution in [3.63, 3.8) is 0 Å². The number of nitrogens with two attached hydrogens (primary N) is 1. The van der Waals surface area contributed by atoms with Crippen LogP contribution in [0.3, 0.4) is 0 Å². The number of aliphatic hydroxyl groups is 1. The van der Waals surface area contributed by atoms with Gasteiger partial charge in [-0.3, -0.25) is 9.59 Å². The van der Waals surface area contributed by atoms with E-state index in [1.165, 1.54) is 6.92 Å². The molecule has 0 fully saturated rings. The van der Waals surface area contributed by atoms with Gasteiger partial charge in [0.15, 0.2) is 0 Å². The summed E-state index contributed by atoms with van der Waals surface area (Å²) in [5.41, 5.74) is 5.80. The van der Waals surface area contributed by atoms with Crippen molar-refractivity contribution < 1.29 is 19.5 Å². The SMILES string of the molecule is CC(=O)C(C)C/C=C(/C)C(=O)NC(CCC=O)C(N)O. The van der Waals surface area contributed by atoms with Crippen molar-refractivity contribution in [2.45, 2.75) is 52.3 Å². The van der Waals surface area contributed by atoms with Crippen LogP contribution in [0.5, 0.6) is 0 Å². The maximum atomic E-state index is 11.9. The highest BCUT2D eigenvalue weighted by molar-refractivity contribution is 5.93. The van der Waals surface area contributed by atoms with E-state index in [9.17, 15) is 19.5 Å². The third kappa shape index (κ3) is 7.16. The average molecular weight is 284 g/mol. The summed E-state index contributed by atoms with van der Waals surface area (Å²) in [6, 6.07) is -0.665. The number of rotatable bonds is 9. The van der Waals surface area contributed by atoms with E-state index in [1.807, 2.05) is 0 Å². The summed E-state index contributed by atoms with van der Waals surface area (Å²) in [6.45, 7) is 4.93. The zero-order valence-corrected chi connectivity index (χ0v) is 12.3. The minimum atomic E-state index is -1.22. The van der Waals surface area contributed by atoms with Crippen molar-refractivity contribution in [1.29, 1.82) is 0 Å². The van der Waals surface area contributed by atoms with Crippen LogP contribution >= 0.6 is 0 Å². The van der Waals surface area contributed by atoms with Gasteiger partial charge in [0.25, 0.3) is 0 Å². The van der Waals surface area contributed by atoms with Crippen LogP contribution in [-0.2, 0) is 14.4 Å². The first kappa shape index (κ1) is 18.5. The second-order valence-electron chi connectivity index (χ2n) is 4.95. The Morgan fingerprint density at radius 3 is 2.40 bits per heavy atom. The first-order valence-corrected chi connectivity index (χ1v) is 6.65. The number of carbonyl (C=O) groups excluding carboxylic acids is 3. The first-order chi connectivity index (χ1) is 9.29. The molecule has 0 aromatic carbocycles. The molecular weight excluding hydrogens is 260 g/mol. The van der Waals surface area contributed by atoms with Crippen LogP contribution in [-0.4, -0.2) is 35.4 Å². The number of aldehydes is 1. The molecule has 3 unspecified atom stereocenters. The van der Waals surface area contributed by atoms with E-state index in [0.29, 0.717) is 18.3 Å². The summed E-state index contributed by atoms with van der Waals surface area (Å²) in [5.74, 6) is -0.430. The molecule has 0 heterocycles. The van der Waals surface area contributed by atoms with Crippen LogP contribution in [0.25, 0.3) is 0 Å². The molecule has 0 aromatic rings. The smallest absolute Gasteiger partial charge is 0.246 e. The number of carbonyl (C=O) groups is 3. The number of hydrogen-bond donors (Lipinski definition) is 3. The lowest BCUT2D eigenvalue weighted by Gasteiger charge is -2.20. The highest BCUT2D eigenvalue weighted by atomic mass is 16.3. The van der Waals surface area contributed by atoms with Crippen molar-refractivity contribution in [2.24, 2.45) is 11.7 Å². The summed E-state index contributed by atoms with van der Waals surface area (Å²) in [5, 5.41) is 11.9. The molecule has 4 N–H and O–H groups in total. The molecule has 0 aromatic heterocycles. The van der Waals surface area contributed by atoms with Crippen molar-refractivity contribution >= 4 is 18.0 Å². The van der Waals surface area contributed by atoms with E-state index in [-0.39, 0.29) is 30.4 Å². The lowest BCUT2D eigenvalue weighted by Crippen LogP contribution is -2.47. The van der Waals surface area contributed by atoms with Gasteiger partial charge in [-0.2, -0.15) is 0 Å². The lowest BCUT2D eigenvalue weighted by atomic mass is 10.0. The number of nitrogens with one attached hydrogen (secondary N) is 1. The highest BCUT2D eigenvalue weighted by Crippen LogP contribution is 2.08. The lowest BCUT2D eigenvalue weighted by molar-refractivity contribution is -0.120. The van der Waals surface area contributed by atoms with E-state index >= 15 is 0 Å². The number of Topliss-reactive ketones (excluding diaryl/α,β-unsaturated/α-hetero) is 1. The molecule has 0 aliphatic heterocycles. The monoisotopic (exact) mass is 284 g/mol. The molecule has 1 amide bonds. The molecule has 6 heteroatoms. The molecule has 0 spiro atoms. The van der Waals surface area contributed by atoms with Gasteiger partial charge in [-0.1, -0.05) is 13.0 Å². The quantitative estimate of drug-likeness (QED) is 0.320. The fourth-order valence-electron chi connectivity index (χ4n) is 1.47. The third-order valence-corrected chi connectivity index (χ3v) is 3.15. The maximum Gasteiger partial charge on any atom is 0.246 e. The fourth-order valence-corrected chi connectivity index (χ4v) is 1.47. The van der Waals surface area contributed by atoms with Crippen molar-refractivity contribution in [3.8, 4) is 0 Å². The molecule has 0 radical (unpaired) electrons. The maximum absolute atomic E-state index is 11.9. The summed E-state index contributed by atoms with van der Waals surface area (Å²) in [7, 11) is 0. The van der Waals surface area contributed by atoms with Crippen LogP contribution in [0.1, 0.15) is 40.0 Å². The van der Waals surface area contributed by atoms with Crippen LogP contribution < -0.4 is 11.1 Å². The van der Waals surface area contributed by atoms with E-state index in [2.05, 4.69) is 5.32 Å². The largest absolute Gasteiger partial charge is 0.377 e. The predicted octanol–water partition coefficient (Wildman–Crippen LogP) is 0.289. The van der Waals surface area contributed by atoms with Crippen molar-refractivity contribution in [3.05, 3.63) is 11.6 Å². The molecule has 0 bridgehead atoms. The molecule has 0 aliphatic rings. The zero-order valence-electron chi connectivity index (χ0n) is 12.3. The van der Waals surface area contributed by atoms with E-state index in [0.717, 1.165) is 0 Å². The Hall–Kier alpha value is -1.53. The van der Waals surface area contributed by atoms with Gasteiger partial charge in [0.1, 0.15) is 18.3 Å². The summed E-state index contributed by atoms with van der Waals surface area (Å²) in [6.07, 6.45) is 2.15. The Morgan fingerprint density at radius 1 is 1.35 bits per heavy atom. The molecule has 0 saturated carbocycles. The molecule has 114 valence electrons. The van der Waals surface area contributed by atoms with Gasteiger partial charge in [0.05, 0.1) is 6.04 Å². The minimum absolute atomic E-state index is 0.0655. The topological polar surface area (TPSA) is 109 Å². The Labute approximate surface area is 119 Å². The number of hydrogen-bond acceptors (Lipinski definition) is 5. The van der Waals surface area contributed by atoms with Crippen LogP contribution in [0.15, 0.2) is 11.6 Å². The van der Waals surface area contributed by atoms with Gasteiger partial charge in [-0.15, -0.1) is 0 Å². The molecule has 6 nitrogen and oxygen atoms in total. The molecule has 20 heavy (non-hydrogen) atoms. The molecule has 3 atom stereocenters. The van der Waals surface area contributed by atoms with E-state index in [1.54, 1.807) is 19.9 Å². The van der Waals surface area contributed by atoms with Gasteiger partial charge in [-0.25, -0.2) is 0 Å². The molecule has 0 aliphatic carbocycles. The summed E-state index contributed by atoms with van der Waals surface area (Å²) < 4.78 is 0. The average Bonchev–Trinajstić information content (AvgIpc) is 2.39. The van der Waals surface area contributed by atoms with Crippen LogP contribution in [0.4, 0.5) is 0 Å². The Bertz CT molecular complexity index is 377. The number of amides is 1. The number of ketones is 1. The van der Waals surface area contributed by atoms with E-state index in [4.69, 9.17) is 5.73 Å². The second-order valence-corrected chi connectivity index (χ2v) is 4.95. The molecule has 0 saturated heterocycles. The number of aliphatic hydroxyl groups excluding tert-OH is 1. The van der Waals surface area contributed by atoms with Crippen LogP contribution in [0.2, 0.25) is 0 Å². The minimum Gasteiger partial charge on any atom is -0.377 e. The fraction of sp³-hybridized carbons (Fsp3) is 0.643. The van der Waals surface area contributed by atoms with Crippen molar-refractivity contribution in [2.75, 3.05) is 0 Å². The zero-order chi connectivity index (χ0) is 15.7. The molecule has 0 rings (SSSR count). The van der Waals surface area contributed by atoms with Gasteiger partial charge in [-0.05, 0) is 26.7 Å². The first-order valence-electron chi connectivity index (χ1n) is 6.65. The van der Waals surface area contributed by atoms with Gasteiger partial charge in [0.2, 0.25) is 5.91 Å². The Balaban J connectivity index is 4.51. The Morgan fingerprint density at radius 2 is 1.95 bits per heavy atom. The Kier molecular flexibility index (Phi) is 8.67. The summed E-state index contributed by atoms with van der Waals surface area (Å²) >= 11 is 0. The van der Waals surface area contributed by atoms with Crippen molar-refractivity contribution in [1.82, 2.24) is 5.32 Å². The van der Waals surface area contributed by atoms with Gasteiger partial charge >= 0.3 is 0 Å². The van der Waals surface area contributed by atoms with Crippen LogP contribution in [0, 0.1) is 5.92 Å². The number of allylic oxidation sites excluding steroid dienone is 1. The predicted molar refractivity (Wildman–Crippen MR) is 75.6 cm³/mol. The van der Waals surface area contributed by atoms with Gasteiger partial charge < -0.3 is 21.0 Å². The van der Waals surface area contributed by atoms with E-state index < -0.39 is 12.3 Å². The highest BCUT2D eigenvalue weighted by Gasteiger charge is 2.18. The molecular formula is C14H24N2O4. The second kappa shape index (κ2) is 9.39. The standard InChI is InChI=1S/C14H24N2O4/c1-9(11(3)18)6-7-10(2)14(20)16-12(13(15)19)5-4-8-17/h7-9,12-13,19H,4-6,15H2,1-3H3,(H,16,20)/b10-7-. The normalized spacial score (nSPS) is 16.1.